The number of benzene rings is 2. The van der Waals surface area contributed by atoms with Gasteiger partial charge in [0.15, 0.2) is 5.78 Å². The number of halogens is 1. The second-order valence-electron chi connectivity index (χ2n) is 5.01. The number of fused-ring (bicyclic) bond motifs is 1. The van der Waals surface area contributed by atoms with Crippen LogP contribution >= 0.6 is 27.3 Å². The number of methoxy groups -OCH3 is 1. The lowest BCUT2D eigenvalue weighted by atomic mass is 10.1. The maximum absolute atomic E-state index is 12.5. The van der Waals surface area contributed by atoms with E-state index in [4.69, 9.17) is 4.74 Å². The summed E-state index contributed by atoms with van der Waals surface area (Å²) < 4.78 is 7.21. The number of rotatable bonds is 5. The Morgan fingerprint density at radius 2 is 1.86 bits per heavy atom. The van der Waals surface area contributed by atoms with E-state index in [1.165, 1.54) is 0 Å². The first-order valence-electron chi connectivity index (χ1n) is 7.02. The summed E-state index contributed by atoms with van der Waals surface area (Å²) in [5.74, 6) is 1.02. The summed E-state index contributed by atoms with van der Waals surface area (Å²) in [5, 5.41) is 1.11. The van der Waals surface area contributed by atoms with Crippen LogP contribution in [-0.4, -0.2) is 12.9 Å². The molecule has 22 heavy (non-hydrogen) atoms. The summed E-state index contributed by atoms with van der Waals surface area (Å²) in [6, 6.07) is 15.9. The molecule has 0 radical (unpaired) electrons. The van der Waals surface area contributed by atoms with Gasteiger partial charge in [0.25, 0.3) is 0 Å². The van der Waals surface area contributed by atoms with Crippen molar-refractivity contribution in [1.82, 2.24) is 0 Å². The molecule has 0 atom stereocenters. The molecular formula is C18H15BrO2S. The summed E-state index contributed by atoms with van der Waals surface area (Å²) in [5.41, 5.74) is 1.14. The van der Waals surface area contributed by atoms with Gasteiger partial charge >= 0.3 is 0 Å². The molecule has 112 valence electrons. The van der Waals surface area contributed by atoms with E-state index in [0.717, 1.165) is 37.2 Å². The fourth-order valence-corrected chi connectivity index (χ4v) is 4.36. The molecule has 1 aromatic heterocycles. The normalized spacial score (nSPS) is 10.8. The minimum atomic E-state index is 0.184. The Balaban J connectivity index is 1.74. The minimum Gasteiger partial charge on any atom is -0.497 e. The number of carbonyl (C=O) groups is 1. The average molecular weight is 375 g/mol. The molecule has 0 aliphatic rings. The van der Waals surface area contributed by atoms with Crippen LogP contribution in [0.2, 0.25) is 0 Å². The maximum atomic E-state index is 12.5. The van der Waals surface area contributed by atoms with E-state index in [-0.39, 0.29) is 5.78 Å². The number of carbonyl (C=O) groups excluding carboxylic acids is 1. The van der Waals surface area contributed by atoms with Crippen molar-refractivity contribution in [3.63, 3.8) is 0 Å². The van der Waals surface area contributed by atoms with Gasteiger partial charge < -0.3 is 4.74 Å². The number of aryl methyl sites for hydroxylation is 1. The molecule has 1 heterocycles. The van der Waals surface area contributed by atoms with Crippen LogP contribution in [0.1, 0.15) is 21.7 Å². The Morgan fingerprint density at radius 3 is 2.55 bits per heavy atom. The largest absolute Gasteiger partial charge is 0.497 e. The Labute approximate surface area is 141 Å². The Bertz CT molecular complexity index is 806. The monoisotopic (exact) mass is 374 g/mol. The van der Waals surface area contributed by atoms with Gasteiger partial charge in [-0.05, 0) is 46.1 Å². The van der Waals surface area contributed by atoms with Gasteiger partial charge in [-0.15, -0.1) is 11.3 Å². The van der Waals surface area contributed by atoms with E-state index in [1.807, 2.05) is 48.5 Å². The zero-order chi connectivity index (χ0) is 15.5. The summed E-state index contributed by atoms with van der Waals surface area (Å²) in [7, 11) is 1.65. The number of hydrogen-bond acceptors (Lipinski definition) is 3. The minimum absolute atomic E-state index is 0.184. The summed E-state index contributed by atoms with van der Waals surface area (Å²) in [6.45, 7) is 0. The molecule has 0 aliphatic carbocycles. The summed E-state index contributed by atoms with van der Waals surface area (Å²) >= 11 is 5.13. The molecule has 0 saturated heterocycles. The highest BCUT2D eigenvalue weighted by atomic mass is 79.9. The summed E-state index contributed by atoms with van der Waals surface area (Å²) in [4.78, 5) is 13.3. The van der Waals surface area contributed by atoms with E-state index in [0.29, 0.717) is 6.42 Å². The number of Topliss-reactive ketones (excluding diaryl/α,β-unsaturated/α-hetero) is 1. The second-order valence-corrected chi connectivity index (χ2v) is 6.86. The lowest BCUT2D eigenvalue weighted by Gasteiger charge is -2.03. The predicted octanol–water partition coefficient (Wildman–Crippen LogP) is 5.49. The lowest BCUT2D eigenvalue weighted by Crippen LogP contribution is -1.99. The van der Waals surface area contributed by atoms with E-state index in [2.05, 4.69) is 15.9 Å². The van der Waals surface area contributed by atoms with Crippen molar-refractivity contribution in [3.05, 3.63) is 63.4 Å². The van der Waals surface area contributed by atoms with Gasteiger partial charge in [-0.1, -0.05) is 30.3 Å². The first-order valence-corrected chi connectivity index (χ1v) is 8.63. The van der Waals surface area contributed by atoms with Crippen LogP contribution in [0.3, 0.4) is 0 Å². The molecule has 3 rings (SSSR count). The molecule has 0 N–H and O–H groups in total. The number of thiophene rings is 1. The van der Waals surface area contributed by atoms with Gasteiger partial charge in [0.1, 0.15) is 5.75 Å². The molecule has 0 bridgehead atoms. The Morgan fingerprint density at radius 1 is 1.14 bits per heavy atom. The van der Waals surface area contributed by atoms with Gasteiger partial charge in [-0.25, -0.2) is 0 Å². The third-order valence-corrected chi connectivity index (χ3v) is 5.89. The molecule has 0 amide bonds. The first kappa shape index (κ1) is 15.3. The smallest absolute Gasteiger partial charge is 0.174 e. The van der Waals surface area contributed by atoms with Crippen molar-refractivity contribution < 1.29 is 9.53 Å². The van der Waals surface area contributed by atoms with Crippen molar-refractivity contribution in [2.24, 2.45) is 0 Å². The van der Waals surface area contributed by atoms with Crippen LogP contribution < -0.4 is 4.74 Å². The molecule has 0 spiro atoms. The predicted molar refractivity (Wildman–Crippen MR) is 95.2 cm³/mol. The number of ether oxygens (including phenoxy) is 1. The quantitative estimate of drug-likeness (QED) is 0.552. The molecule has 3 aromatic rings. The van der Waals surface area contributed by atoms with Crippen molar-refractivity contribution >= 4 is 43.1 Å². The Hall–Kier alpha value is -1.65. The molecule has 0 fully saturated rings. The zero-order valence-electron chi connectivity index (χ0n) is 12.1. The van der Waals surface area contributed by atoms with Crippen LogP contribution in [0.4, 0.5) is 0 Å². The van der Waals surface area contributed by atoms with Gasteiger partial charge in [0.05, 0.1) is 12.0 Å². The number of ketones is 1. The highest BCUT2D eigenvalue weighted by molar-refractivity contribution is 9.10. The molecule has 0 aliphatic heterocycles. The topological polar surface area (TPSA) is 26.3 Å². The van der Waals surface area contributed by atoms with Gasteiger partial charge in [0.2, 0.25) is 0 Å². The maximum Gasteiger partial charge on any atom is 0.174 e. The van der Waals surface area contributed by atoms with Crippen molar-refractivity contribution in [3.8, 4) is 5.75 Å². The van der Waals surface area contributed by atoms with Gasteiger partial charge in [-0.2, -0.15) is 0 Å². The fraction of sp³-hybridized carbons (Fsp3) is 0.167. The van der Waals surface area contributed by atoms with E-state index in [9.17, 15) is 4.79 Å². The van der Waals surface area contributed by atoms with Crippen LogP contribution in [0.25, 0.3) is 10.1 Å². The van der Waals surface area contributed by atoms with Gasteiger partial charge in [0, 0.05) is 21.0 Å². The number of hydrogen-bond donors (Lipinski definition) is 0. The van der Waals surface area contributed by atoms with E-state index in [1.54, 1.807) is 18.4 Å². The second kappa shape index (κ2) is 6.63. The first-order chi connectivity index (χ1) is 10.7. The van der Waals surface area contributed by atoms with E-state index < -0.39 is 0 Å². The third kappa shape index (κ3) is 3.08. The molecule has 0 saturated carbocycles. The highest BCUT2D eigenvalue weighted by Gasteiger charge is 2.16. The van der Waals surface area contributed by atoms with Crippen LogP contribution in [0.15, 0.2) is 53.0 Å². The molecule has 2 nitrogen and oxygen atoms in total. The van der Waals surface area contributed by atoms with Gasteiger partial charge in [-0.3, -0.25) is 4.79 Å². The van der Waals surface area contributed by atoms with Crippen LogP contribution in [-0.2, 0) is 6.42 Å². The van der Waals surface area contributed by atoms with Crippen molar-refractivity contribution in [2.45, 2.75) is 12.8 Å². The molecule has 0 unspecified atom stereocenters. The molecular weight excluding hydrogens is 360 g/mol. The SMILES string of the molecule is COc1ccc(CCC(=O)c2sc3ccccc3c2Br)cc1. The standard InChI is InChI=1S/C18H15BrO2S/c1-21-13-9-6-12(7-10-13)8-11-15(20)18-17(19)14-4-2-3-5-16(14)22-18/h2-7,9-10H,8,11H2,1H3. The lowest BCUT2D eigenvalue weighted by molar-refractivity contribution is 0.0986. The average Bonchev–Trinajstić information content (AvgIpc) is 2.90. The zero-order valence-corrected chi connectivity index (χ0v) is 14.5. The Kier molecular flexibility index (Phi) is 4.60. The third-order valence-electron chi connectivity index (χ3n) is 3.59. The van der Waals surface area contributed by atoms with Crippen molar-refractivity contribution in [2.75, 3.05) is 7.11 Å². The van der Waals surface area contributed by atoms with Crippen LogP contribution in [0, 0.1) is 0 Å². The van der Waals surface area contributed by atoms with Crippen LogP contribution in [0.5, 0.6) is 5.75 Å². The fourth-order valence-electron chi connectivity index (χ4n) is 2.36. The van der Waals surface area contributed by atoms with E-state index >= 15 is 0 Å². The highest BCUT2D eigenvalue weighted by Crippen LogP contribution is 2.36. The molecule has 2 aromatic carbocycles. The molecule has 4 heteroatoms. The van der Waals surface area contributed by atoms with Crippen molar-refractivity contribution in [1.29, 1.82) is 0 Å². The summed E-state index contributed by atoms with van der Waals surface area (Å²) in [6.07, 6.45) is 1.25.